The molecule has 0 aliphatic rings. The Morgan fingerprint density at radius 1 is 1.77 bits per heavy atom. The lowest BCUT2D eigenvalue weighted by Gasteiger charge is -1.96. The largest absolute Gasteiger partial charge is 1.00 e. The van der Waals surface area contributed by atoms with Gasteiger partial charge >= 0.3 is 11.1 Å². The van der Waals surface area contributed by atoms with E-state index in [9.17, 15) is 4.79 Å². The van der Waals surface area contributed by atoms with Gasteiger partial charge in [0.2, 0.25) is 0 Å². The molecular formula is C7H11ClN2O2S. The number of H-pyrrole nitrogens is 1. The van der Waals surface area contributed by atoms with E-state index in [4.69, 9.17) is 10.5 Å². The van der Waals surface area contributed by atoms with E-state index in [1.807, 2.05) is 5.38 Å². The van der Waals surface area contributed by atoms with Crippen LogP contribution in [0.3, 0.4) is 0 Å². The third-order valence-electron chi connectivity index (χ3n) is 1.25. The molecule has 0 spiro atoms. The zero-order valence-electron chi connectivity index (χ0n) is 7.17. The summed E-state index contributed by atoms with van der Waals surface area (Å²) in [5.74, 6) is -0.230. The number of anilines is 1. The summed E-state index contributed by atoms with van der Waals surface area (Å²) in [6.45, 7) is 2.20. The number of esters is 1. The highest BCUT2D eigenvalue weighted by Crippen LogP contribution is 2.06. The molecule has 0 saturated heterocycles. The van der Waals surface area contributed by atoms with E-state index < -0.39 is 0 Å². The average molecular weight is 223 g/mol. The number of aromatic nitrogens is 1. The van der Waals surface area contributed by atoms with Gasteiger partial charge in [0.15, 0.2) is 0 Å². The molecule has 1 aromatic rings. The maximum atomic E-state index is 10.9. The van der Waals surface area contributed by atoms with Crippen molar-refractivity contribution in [1.29, 1.82) is 0 Å². The number of carbonyl (C=O) groups is 1. The van der Waals surface area contributed by atoms with Crippen molar-refractivity contribution in [2.24, 2.45) is 0 Å². The number of nitrogen functional groups attached to an aromatic ring is 1. The molecule has 1 rings (SSSR count). The summed E-state index contributed by atoms with van der Waals surface area (Å²) in [6, 6.07) is 0. The van der Waals surface area contributed by atoms with Crippen LogP contribution in [0.2, 0.25) is 0 Å². The molecule has 0 atom stereocenters. The first-order chi connectivity index (χ1) is 5.72. The van der Waals surface area contributed by atoms with Crippen molar-refractivity contribution < 1.29 is 26.9 Å². The summed E-state index contributed by atoms with van der Waals surface area (Å²) in [4.78, 5) is 13.8. The molecule has 0 saturated carbocycles. The zero-order chi connectivity index (χ0) is 8.97. The predicted octanol–water partition coefficient (Wildman–Crippen LogP) is -2.75. The van der Waals surface area contributed by atoms with Crippen LogP contribution in [0.25, 0.3) is 0 Å². The summed E-state index contributed by atoms with van der Waals surface area (Å²) >= 11 is 1.38. The van der Waals surface area contributed by atoms with Crippen molar-refractivity contribution >= 4 is 22.4 Å². The molecule has 13 heavy (non-hydrogen) atoms. The Labute approximate surface area is 86.5 Å². The molecule has 1 heterocycles. The van der Waals surface area contributed by atoms with E-state index in [1.54, 1.807) is 6.92 Å². The molecule has 6 heteroatoms. The summed E-state index contributed by atoms with van der Waals surface area (Å²) in [7, 11) is 0. The van der Waals surface area contributed by atoms with E-state index in [-0.39, 0.29) is 24.8 Å². The fourth-order valence-corrected chi connectivity index (χ4v) is 1.41. The van der Waals surface area contributed by atoms with Crippen LogP contribution >= 0.6 is 11.3 Å². The number of aromatic amines is 1. The van der Waals surface area contributed by atoms with E-state index >= 15 is 0 Å². The maximum Gasteiger partial charge on any atom is 0.329 e. The minimum absolute atomic E-state index is 0. The first kappa shape index (κ1) is 12.2. The Hall–Kier alpha value is -0.810. The summed E-state index contributed by atoms with van der Waals surface area (Å²) in [5.41, 5.74) is 6.24. The highest BCUT2D eigenvalue weighted by atomic mass is 35.5. The molecule has 4 nitrogen and oxygen atoms in total. The van der Waals surface area contributed by atoms with Crippen LogP contribution in [0, 0.1) is 0 Å². The van der Waals surface area contributed by atoms with Gasteiger partial charge in [0, 0.05) is 5.38 Å². The van der Waals surface area contributed by atoms with Crippen LogP contribution < -0.4 is 23.1 Å². The minimum Gasteiger partial charge on any atom is -1.00 e. The van der Waals surface area contributed by atoms with Crippen molar-refractivity contribution in [2.75, 3.05) is 12.3 Å². The van der Waals surface area contributed by atoms with Crippen LogP contribution in [0.4, 0.5) is 5.13 Å². The Balaban J connectivity index is 0.00000144. The van der Waals surface area contributed by atoms with E-state index in [0.717, 1.165) is 5.69 Å². The molecule has 0 aromatic carbocycles. The second-order valence-corrected chi connectivity index (χ2v) is 3.14. The van der Waals surface area contributed by atoms with Crippen molar-refractivity contribution in [3.05, 3.63) is 11.1 Å². The number of rotatable bonds is 3. The Morgan fingerprint density at radius 2 is 2.46 bits per heavy atom. The monoisotopic (exact) mass is 222 g/mol. The second-order valence-electron chi connectivity index (χ2n) is 2.23. The summed E-state index contributed by atoms with van der Waals surface area (Å²) in [6.07, 6.45) is 0.265. The third kappa shape index (κ3) is 4.10. The van der Waals surface area contributed by atoms with Gasteiger partial charge in [0.1, 0.15) is 12.1 Å². The van der Waals surface area contributed by atoms with Crippen molar-refractivity contribution in [1.82, 2.24) is 0 Å². The summed E-state index contributed by atoms with van der Waals surface area (Å²) in [5, 5.41) is 2.42. The van der Waals surface area contributed by atoms with Crippen LogP contribution in [-0.2, 0) is 16.0 Å². The SMILES string of the molecule is CCOC(=O)Cc1csc(N)[nH+]1.[Cl-]. The van der Waals surface area contributed by atoms with Gasteiger partial charge in [-0.2, -0.15) is 0 Å². The number of carbonyl (C=O) groups excluding carboxylic acids is 1. The fraction of sp³-hybridized carbons (Fsp3) is 0.429. The smallest absolute Gasteiger partial charge is 0.329 e. The first-order valence-corrected chi connectivity index (χ1v) is 4.51. The second kappa shape index (κ2) is 5.77. The molecule has 0 unspecified atom stereocenters. The molecule has 1 aromatic heterocycles. The zero-order valence-corrected chi connectivity index (χ0v) is 8.74. The van der Waals surface area contributed by atoms with Crippen LogP contribution in [0.1, 0.15) is 12.6 Å². The van der Waals surface area contributed by atoms with Crippen LogP contribution in [-0.4, -0.2) is 12.6 Å². The summed E-state index contributed by atoms with van der Waals surface area (Å²) < 4.78 is 4.76. The van der Waals surface area contributed by atoms with E-state index in [1.165, 1.54) is 11.3 Å². The Morgan fingerprint density at radius 3 is 2.92 bits per heavy atom. The lowest BCUT2D eigenvalue weighted by atomic mass is 10.3. The molecule has 0 bridgehead atoms. The van der Waals surface area contributed by atoms with Crippen LogP contribution in [0.15, 0.2) is 5.38 Å². The fourth-order valence-electron chi connectivity index (χ4n) is 0.805. The molecule has 0 aliphatic carbocycles. The normalized spacial score (nSPS) is 9.00. The number of hydrogen-bond acceptors (Lipinski definition) is 4. The number of hydrogen-bond donors (Lipinski definition) is 1. The molecule has 0 radical (unpaired) electrons. The molecule has 0 amide bonds. The number of halogens is 1. The highest BCUT2D eigenvalue weighted by molar-refractivity contribution is 7.13. The van der Waals surface area contributed by atoms with E-state index in [0.29, 0.717) is 11.7 Å². The third-order valence-corrected chi connectivity index (χ3v) is 2.01. The number of ether oxygens (including phenoxy) is 1. The van der Waals surface area contributed by atoms with Gasteiger partial charge in [-0.25, -0.2) is 4.98 Å². The Bertz CT molecular complexity index is 277. The molecule has 74 valence electrons. The Kier molecular flexibility index (Phi) is 5.41. The lowest BCUT2D eigenvalue weighted by molar-refractivity contribution is -0.365. The van der Waals surface area contributed by atoms with Crippen molar-refractivity contribution in [2.45, 2.75) is 13.3 Å². The standard InChI is InChI=1S/C7H10N2O2S.ClH/c1-2-11-6(10)3-5-4-12-7(8)9-5;/h4H,2-3H2,1H3,(H2,8,9);1H. The van der Waals surface area contributed by atoms with Gasteiger partial charge in [-0.3, -0.25) is 10.5 Å². The van der Waals surface area contributed by atoms with Gasteiger partial charge in [0.05, 0.1) is 6.61 Å². The van der Waals surface area contributed by atoms with Gasteiger partial charge in [-0.1, -0.05) is 11.3 Å². The van der Waals surface area contributed by atoms with Crippen LogP contribution in [0.5, 0.6) is 0 Å². The number of nitrogens with two attached hydrogens (primary N) is 1. The van der Waals surface area contributed by atoms with Gasteiger partial charge in [-0.05, 0) is 6.92 Å². The topological polar surface area (TPSA) is 66.5 Å². The molecular weight excluding hydrogens is 212 g/mol. The molecule has 0 aliphatic heterocycles. The van der Waals surface area contributed by atoms with E-state index in [2.05, 4.69) is 4.98 Å². The molecule has 0 fully saturated rings. The van der Waals surface area contributed by atoms with Gasteiger partial charge in [-0.15, -0.1) is 0 Å². The minimum atomic E-state index is -0.230. The predicted molar refractivity (Wildman–Crippen MR) is 45.6 cm³/mol. The first-order valence-electron chi connectivity index (χ1n) is 3.63. The van der Waals surface area contributed by atoms with Gasteiger partial charge < -0.3 is 17.1 Å². The quantitative estimate of drug-likeness (QED) is 0.564. The highest BCUT2D eigenvalue weighted by Gasteiger charge is 2.09. The lowest BCUT2D eigenvalue weighted by Crippen LogP contribution is -3.00. The van der Waals surface area contributed by atoms with Crippen molar-refractivity contribution in [3.63, 3.8) is 0 Å². The molecule has 3 N–H and O–H groups in total. The maximum absolute atomic E-state index is 10.9. The van der Waals surface area contributed by atoms with Crippen molar-refractivity contribution in [3.8, 4) is 0 Å². The number of nitrogens with one attached hydrogen (secondary N) is 1. The van der Waals surface area contributed by atoms with Gasteiger partial charge in [0.25, 0.3) is 0 Å². The number of thiazole rings is 1. The average Bonchev–Trinajstić information content (AvgIpc) is 2.36.